The molecule has 132 valence electrons. The predicted octanol–water partition coefficient (Wildman–Crippen LogP) is -0.108. The number of nitrogens with zero attached hydrogens (tertiary/aromatic N) is 5. The molecule has 0 saturated carbocycles. The molecule has 25 heavy (non-hydrogen) atoms. The van der Waals surface area contributed by atoms with Gasteiger partial charge in [0.1, 0.15) is 6.61 Å². The number of esters is 1. The third-order valence-corrected chi connectivity index (χ3v) is 3.83. The molecule has 0 aromatic carbocycles. The van der Waals surface area contributed by atoms with E-state index in [4.69, 9.17) is 4.74 Å². The minimum atomic E-state index is -0.788. The van der Waals surface area contributed by atoms with Gasteiger partial charge in [0, 0.05) is 32.1 Å². The lowest BCUT2D eigenvalue weighted by Gasteiger charge is -2.30. The molecule has 3 heterocycles. The van der Waals surface area contributed by atoms with Crippen molar-refractivity contribution in [1.82, 2.24) is 14.8 Å². The summed E-state index contributed by atoms with van der Waals surface area (Å²) >= 11 is 0. The molecule has 3 amide bonds. The van der Waals surface area contributed by atoms with Crippen LogP contribution in [-0.4, -0.2) is 76.1 Å². The molecule has 2 aliphatic rings. The van der Waals surface area contributed by atoms with E-state index in [9.17, 15) is 14.4 Å². The van der Waals surface area contributed by atoms with Crippen molar-refractivity contribution in [1.29, 1.82) is 0 Å². The monoisotopic (exact) mass is 366 g/mol. The Morgan fingerprint density at radius 1 is 1.32 bits per heavy atom. The number of likely N-dealkylation sites (N-methyl/N-ethyl adjacent to an activating group) is 2. The Morgan fingerprint density at radius 2 is 2.08 bits per heavy atom. The van der Waals surface area contributed by atoms with E-state index in [1.165, 1.54) is 29.9 Å². The van der Waals surface area contributed by atoms with Gasteiger partial charge in [0.25, 0.3) is 24.1 Å². The molecule has 1 fully saturated rings. The van der Waals surface area contributed by atoms with Crippen LogP contribution in [0.5, 0.6) is 0 Å². The van der Waals surface area contributed by atoms with Gasteiger partial charge >= 0.3 is 12.0 Å². The number of hydrogen-bond acceptors (Lipinski definition) is 6. The molecule has 0 aliphatic carbocycles. The van der Waals surface area contributed by atoms with Gasteiger partial charge in [-0.05, 0) is 11.1 Å². The topological polar surface area (TPSA) is 95.2 Å². The summed E-state index contributed by atoms with van der Waals surface area (Å²) in [5, 5.41) is 0. The molecule has 1 saturated heterocycles. The Morgan fingerprint density at radius 3 is 2.76 bits per heavy atom. The van der Waals surface area contributed by atoms with Crippen LogP contribution in [-0.2, 0) is 20.9 Å². The first-order chi connectivity index (χ1) is 11.5. The molecule has 10 heteroatoms. The number of ether oxygens (including phenoxy) is 1. The Labute approximate surface area is 150 Å². The maximum Gasteiger partial charge on any atom is 0.348 e. The highest BCUT2D eigenvalue weighted by Gasteiger charge is 2.50. The molecule has 0 N–H and O–H groups in total. The van der Waals surface area contributed by atoms with Crippen LogP contribution in [0.1, 0.15) is 5.56 Å². The molecular formula is C15H17ClN5O4+. The number of amides is 3. The van der Waals surface area contributed by atoms with Crippen LogP contribution >= 0.6 is 12.4 Å². The molecule has 0 bridgehead atoms. The van der Waals surface area contributed by atoms with Gasteiger partial charge < -0.3 is 4.74 Å². The minimum Gasteiger partial charge on any atom is -0.458 e. The van der Waals surface area contributed by atoms with Crippen LogP contribution in [0.25, 0.3) is 0 Å². The number of urea groups is 1. The van der Waals surface area contributed by atoms with Crippen molar-refractivity contribution >= 4 is 42.5 Å². The zero-order valence-corrected chi connectivity index (χ0v) is 14.5. The number of carbonyl (C=O) groups is 3. The van der Waals surface area contributed by atoms with Gasteiger partial charge in [-0.2, -0.15) is 0 Å². The van der Waals surface area contributed by atoms with E-state index in [1.54, 1.807) is 24.5 Å². The molecule has 0 spiro atoms. The Hall–Kier alpha value is -2.81. The van der Waals surface area contributed by atoms with E-state index >= 15 is 0 Å². The summed E-state index contributed by atoms with van der Waals surface area (Å²) in [4.78, 5) is 46.5. The van der Waals surface area contributed by atoms with E-state index in [1.807, 2.05) is 0 Å². The average molecular weight is 367 g/mol. The molecule has 1 unspecified atom stereocenters. The first-order valence-electron chi connectivity index (χ1n) is 7.25. The Balaban J connectivity index is 0.00000225. The Kier molecular flexibility index (Phi) is 5.48. The zero-order valence-electron chi connectivity index (χ0n) is 13.7. The summed E-state index contributed by atoms with van der Waals surface area (Å²) < 4.78 is 6.64. The normalized spacial score (nSPS) is 19.0. The predicted molar refractivity (Wildman–Crippen MR) is 89.6 cm³/mol. The van der Waals surface area contributed by atoms with Gasteiger partial charge in [-0.3, -0.25) is 19.6 Å². The quantitative estimate of drug-likeness (QED) is 0.547. The number of aliphatic imine (C=N–C) groups is 1. The number of carbonyl (C=O) groups excluding carboxylic acids is 3. The number of rotatable bonds is 4. The summed E-state index contributed by atoms with van der Waals surface area (Å²) in [6.07, 6.45) is 4.62. The van der Waals surface area contributed by atoms with Gasteiger partial charge in [-0.1, -0.05) is 6.07 Å². The largest absolute Gasteiger partial charge is 0.458 e. The summed E-state index contributed by atoms with van der Waals surface area (Å²) in [5.41, 5.74) is 0.770. The van der Waals surface area contributed by atoms with Crippen molar-refractivity contribution in [3.05, 3.63) is 30.1 Å². The Bertz CT molecular complexity index is 764. The molecule has 9 nitrogen and oxygen atoms in total. The number of aromatic nitrogens is 1. The molecular weight excluding hydrogens is 350 g/mol. The molecule has 1 aromatic heterocycles. The highest BCUT2D eigenvalue weighted by Crippen LogP contribution is 2.16. The fourth-order valence-electron chi connectivity index (χ4n) is 2.52. The fraction of sp³-hybridized carbons (Fsp3) is 0.333. The van der Waals surface area contributed by atoms with Gasteiger partial charge in [-0.15, -0.1) is 12.4 Å². The van der Waals surface area contributed by atoms with Crippen LogP contribution in [0.2, 0.25) is 0 Å². The highest BCUT2D eigenvalue weighted by atomic mass is 35.5. The van der Waals surface area contributed by atoms with Crippen LogP contribution in [0, 0.1) is 0 Å². The number of pyridine rings is 1. The van der Waals surface area contributed by atoms with Crippen molar-refractivity contribution < 1.29 is 23.7 Å². The van der Waals surface area contributed by atoms with Gasteiger partial charge in [-0.25, -0.2) is 14.2 Å². The van der Waals surface area contributed by atoms with E-state index in [0.29, 0.717) is 5.84 Å². The molecule has 1 atom stereocenters. The molecule has 2 aliphatic heterocycles. The SMILES string of the molecule is CN1C(=O)C2C(=NC=[N+]2CC(=O)OCc2cccnc2)N(C)C1=O.Cl. The molecule has 0 radical (unpaired) electrons. The highest BCUT2D eigenvalue weighted by molar-refractivity contribution is 6.21. The van der Waals surface area contributed by atoms with Gasteiger partial charge in [0.15, 0.2) is 6.54 Å². The zero-order chi connectivity index (χ0) is 17.3. The van der Waals surface area contributed by atoms with Gasteiger partial charge in [0.2, 0.25) is 0 Å². The lowest BCUT2D eigenvalue weighted by Crippen LogP contribution is -2.61. The number of hydrogen-bond donors (Lipinski definition) is 0. The number of fused-ring (bicyclic) bond motifs is 1. The van der Waals surface area contributed by atoms with Crippen molar-refractivity contribution in [3.63, 3.8) is 0 Å². The number of halogens is 1. The maximum absolute atomic E-state index is 12.3. The van der Waals surface area contributed by atoms with Crippen molar-refractivity contribution in [2.75, 3.05) is 20.6 Å². The summed E-state index contributed by atoms with van der Waals surface area (Å²) in [5.74, 6) is -0.615. The van der Waals surface area contributed by atoms with E-state index in [-0.39, 0.29) is 25.6 Å². The lowest BCUT2D eigenvalue weighted by molar-refractivity contribution is -0.521. The second kappa shape index (κ2) is 7.39. The van der Waals surface area contributed by atoms with Gasteiger partial charge in [0.05, 0.1) is 0 Å². The minimum absolute atomic E-state index is 0. The van der Waals surface area contributed by atoms with Crippen LogP contribution in [0.3, 0.4) is 0 Å². The van der Waals surface area contributed by atoms with E-state index < -0.39 is 23.9 Å². The maximum atomic E-state index is 12.3. The van der Waals surface area contributed by atoms with E-state index in [0.717, 1.165) is 10.5 Å². The van der Waals surface area contributed by atoms with Crippen molar-refractivity contribution in [2.24, 2.45) is 4.99 Å². The smallest absolute Gasteiger partial charge is 0.348 e. The first-order valence-corrected chi connectivity index (χ1v) is 7.25. The third-order valence-electron chi connectivity index (χ3n) is 3.83. The van der Waals surface area contributed by atoms with Crippen LogP contribution in [0.15, 0.2) is 29.5 Å². The fourth-order valence-corrected chi connectivity index (χ4v) is 2.52. The summed E-state index contributed by atoms with van der Waals surface area (Å²) in [6.45, 7) is -0.0370. The van der Waals surface area contributed by atoms with Crippen LogP contribution in [0.4, 0.5) is 4.79 Å². The first kappa shape index (κ1) is 18.5. The molecule has 3 rings (SSSR count). The van der Waals surface area contributed by atoms with Crippen LogP contribution < -0.4 is 0 Å². The summed E-state index contributed by atoms with van der Waals surface area (Å²) in [6, 6.07) is 2.30. The third kappa shape index (κ3) is 3.50. The second-order valence-corrected chi connectivity index (χ2v) is 5.44. The summed E-state index contributed by atoms with van der Waals surface area (Å²) in [7, 11) is 2.93. The number of imide groups is 1. The molecule has 1 aromatic rings. The van der Waals surface area contributed by atoms with Crippen molar-refractivity contribution in [2.45, 2.75) is 12.6 Å². The lowest BCUT2D eigenvalue weighted by atomic mass is 10.1. The number of amidine groups is 1. The second-order valence-electron chi connectivity index (χ2n) is 5.44. The van der Waals surface area contributed by atoms with Crippen molar-refractivity contribution in [3.8, 4) is 0 Å². The average Bonchev–Trinajstić information content (AvgIpc) is 3.01. The standard InChI is InChI=1S/C15H16N5O4.ClH/c1-18-13-12(14(22)19(2)15(18)23)20(9-17-13)7-11(21)24-8-10-4-3-5-16-6-10;/h3-6,9,12H,7-8H2,1-2H3;1H/q+1;. The van der Waals surface area contributed by atoms with E-state index in [2.05, 4.69) is 9.98 Å².